The Hall–Kier alpha value is -3.41. The zero-order valence-corrected chi connectivity index (χ0v) is 19.7. The lowest BCUT2D eigenvalue weighted by molar-refractivity contribution is 0.306. The molecule has 0 amide bonds. The molecule has 0 unspecified atom stereocenters. The first-order valence-electron chi connectivity index (χ1n) is 11.4. The maximum atomic E-state index is 6.27. The van der Waals surface area contributed by atoms with Gasteiger partial charge in [-0.3, -0.25) is 0 Å². The van der Waals surface area contributed by atoms with Gasteiger partial charge in [-0.25, -0.2) is 0 Å². The molecule has 162 valence electrons. The molecule has 0 saturated carbocycles. The van der Waals surface area contributed by atoms with Crippen molar-refractivity contribution in [3.8, 4) is 5.75 Å². The van der Waals surface area contributed by atoms with Crippen LogP contribution in [0.2, 0.25) is 0 Å². The Morgan fingerprint density at radius 3 is 1.91 bits per heavy atom. The summed E-state index contributed by atoms with van der Waals surface area (Å²) in [6, 6.07) is 38.8. The van der Waals surface area contributed by atoms with Crippen molar-refractivity contribution in [3.05, 3.63) is 138 Å². The molecule has 0 aliphatic heterocycles. The summed E-state index contributed by atoms with van der Waals surface area (Å²) in [5.41, 5.74) is 5.23. The molecule has 1 nitrogen and oxygen atoms in total. The first-order valence-corrected chi connectivity index (χ1v) is 12.7. The number of benzene rings is 4. The number of ether oxygens (including phenoxy) is 1. The molecule has 4 aromatic carbocycles. The average Bonchev–Trinajstić information content (AvgIpc) is 3.31. The second kappa shape index (κ2) is 10.0. The predicted octanol–water partition coefficient (Wildman–Crippen LogP) is 6.76. The third-order valence-corrected chi connectivity index (χ3v) is 8.36. The van der Waals surface area contributed by atoms with E-state index in [1.54, 1.807) is 0 Å². The van der Waals surface area contributed by atoms with Crippen molar-refractivity contribution in [1.29, 1.82) is 0 Å². The Labute approximate surface area is 197 Å². The van der Waals surface area contributed by atoms with Crippen LogP contribution in [0, 0.1) is 0 Å². The smallest absolute Gasteiger partial charge is 0.120 e. The maximum Gasteiger partial charge on any atom is 0.120 e. The summed E-state index contributed by atoms with van der Waals surface area (Å²) in [6.45, 7) is 2.75. The minimum absolute atomic E-state index is 0.567. The van der Waals surface area contributed by atoms with Crippen molar-refractivity contribution in [1.82, 2.24) is 0 Å². The van der Waals surface area contributed by atoms with E-state index >= 15 is 0 Å². The molecule has 0 atom stereocenters. The van der Waals surface area contributed by atoms with E-state index in [0.29, 0.717) is 6.61 Å². The minimum Gasteiger partial charge on any atom is -0.489 e. The van der Waals surface area contributed by atoms with Crippen LogP contribution < -0.4 is 20.7 Å². The van der Waals surface area contributed by atoms with Crippen molar-refractivity contribution in [2.24, 2.45) is 0 Å². The van der Waals surface area contributed by atoms with Crippen LogP contribution in [0.3, 0.4) is 0 Å². The van der Waals surface area contributed by atoms with Gasteiger partial charge in [0.2, 0.25) is 0 Å². The number of hydrogen-bond acceptors (Lipinski definition) is 1. The molecule has 0 aromatic heterocycles. The minimum atomic E-state index is -0.722. The number of allylic oxidation sites excluding steroid dienone is 4. The summed E-state index contributed by atoms with van der Waals surface area (Å²) < 4.78 is 6.27. The molecule has 1 aliphatic rings. The Balaban J connectivity index is 1.60. The fourth-order valence-electron chi connectivity index (χ4n) is 4.23. The van der Waals surface area contributed by atoms with Gasteiger partial charge in [-0.1, -0.05) is 115 Å². The predicted molar refractivity (Wildman–Crippen MR) is 142 cm³/mol. The van der Waals surface area contributed by atoms with Gasteiger partial charge in [-0.2, -0.15) is 0 Å². The fourth-order valence-corrected chi connectivity index (χ4v) is 6.74. The van der Waals surface area contributed by atoms with Crippen LogP contribution in [0.1, 0.15) is 24.5 Å². The van der Waals surface area contributed by atoms with E-state index in [0.717, 1.165) is 12.2 Å². The van der Waals surface area contributed by atoms with Gasteiger partial charge in [0, 0.05) is 0 Å². The van der Waals surface area contributed by atoms with E-state index < -0.39 is 7.92 Å². The molecule has 33 heavy (non-hydrogen) atoms. The van der Waals surface area contributed by atoms with Gasteiger partial charge >= 0.3 is 0 Å². The van der Waals surface area contributed by atoms with Crippen LogP contribution >= 0.6 is 7.92 Å². The second-order valence-electron chi connectivity index (χ2n) is 8.28. The Kier molecular flexibility index (Phi) is 6.51. The van der Waals surface area contributed by atoms with Crippen LogP contribution in [0.4, 0.5) is 0 Å². The van der Waals surface area contributed by atoms with Gasteiger partial charge in [-0.05, 0) is 66.0 Å². The largest absolute Gasteiger partial charge is 0.489 e. The topological polar surface area (TPSA) is 9.23 Å². The van der Waals surface area contributed by atoms with Gasteiger partial charge in [0.05, 0.1) is 0 Å². The third kappa shape index (κ3) is 5.00. The summed E-state index contributed by atoms with van der Waals surface area (Å²) in [5.74, 6) is 0.917. The monoisotopic (exact) mass is 446 g/mol. The molecule has 0 saturated heterocycles. The fraction of sp³-hybridized carbons (Fsp3) is 0.0968. The van der Waals surface area contributed by atoms with Gasteiger partial charge < -0.3 is 4.74 Å². The normalized spacial score (nSPS) is 13.0. The standard InChI is InChI=1S/C31H27OP/c1-24-17-18-26(21-24)30-20-19-27(32-23-25-11-5-2-6-12-25)22-31(30)33(28-13-7-3-8-14-28)29-15-9-4-10-16-29/h2-17,19-22H,18,23H2,1H3. The van der Waals surface area contributed by atoms with Gasteiger partial charge in [0.25, 0.3) is 0 Å². The van der Waals surface area contributed by atoms with Crippen molar-refractivity contribution in [2.75, 3.05) is 0 Å². The van der Waals surface area contributed by atoms with E-state index in [9.17, 15) is 0 Å². The zero-order valence-electron chi connectivity index (χ0n) is 18.8. The third-order valence-electron chi connectivity index (χ3n) is 5.88. The molecule has 2 heteroatoms. The van der Waals surface area contributed by atoms with Crippen molar-refractivity contribution in [2.45, 2.75) is 20.0 Å². The Morgan fingerprint density at radius 2 is 1.33 bits per heavy atom. The van der Waals surface area contributed by atoms with Gasteiger partial charge in [-0.15, -0.1) is 0 Å². The summed E-state index contributed by atoms with van der Waals surface area (Å²) in [6.07, 6.45) is 5.62. The molecule has 4 aromatic rings. The molecule has 0 fully saturated rings. The van der Waals surface area contributed by atoms with Crippen molar-refractivity contribution < 1.29 is 4.74 Å². The van der Waals surface area contributed by atoms with E-state index in [4.69, 9.17) is 4.74 Å². The highest BCUT2D eigenvalue weighted by Gasteiger charge is 2.22. The highest BCUT2D eigenvalue weighted by Crippen LogP contribution is 2.39. The summed E-state index contributed by atoms with van der Waals surface area (Å²) in [4.78, 5) is 0. The average molecular weight is 447 g/mol. The van der Waals surface area contributed by atoms with Crippen molar-refractivity contribution in [3.63, 3.8) is 0 Å². The highest BCUT2D eigenvalue weighted by atomic mass is 31.1. The van der Waals surface area contributed by atoms with Crippen LogP contribution in [-0.2, 0) is 6.61 Å². The van der Waals surface area contributed by atoms with Gasteiger partial charge in [0.1, 0.15) is 12.4 Å². The first-order chi connectivity index (χ1) is 16.3. The van der Waals surface area contributed by atoms with Crippen LogP contribution in [0.15, 0.2) is 127 Å². The van der Waals surface area contributed by atoms with Crippen LogP contribution in [0.5, 0.6) is 5.75 Å². The molecule has 0 heterocycles. The van der Waals surface area contributed by atoms with Crippen LogP contribution in [0.25, 0.3) is 5.57 Å². The lowest BCUT2D eigenvalue weighted by Gasteiger charge is -2.24. The maximum absolute atomic E-state index is 6.27. The summed E-state index contributed by atoms with van der Waals surface area (Å²) >= 11 is 0. The molecule has 0 bridgehead atoms. The molecule has 0 radical (unpaired) electrons. The van der Waals surface area contributed by atoms with E-state index in [2.05, 4.69) is 122 Å². The first kappa shape index (κ1) is 21.4. The lowest BCUT2D eigenvalue weighted by atomic mass is 10.0. The SMILES string of the molecule is CC1=CCC(c2ccc(OCc3ccccc3)cc2P(c2ccccc2)c2ccccc2)=C1. The quantitative estimate of drug-likeness (QED) is 0.285. The molecule has 1 aliphatic carbocycles. The lowest BCUT2D eigenvalue weighted by Crippen LogP contribution is -2.23. The second-order valence-corrected chi connectivity index (χ2v) is 10.5. The number of hydrogen-bond donors (Lipinski definition) is 0. The number of rotatable bonds is 7. The van der Waals surface area contributed by atoms with E-state index in [1.165, 1.54) is 38.2 Å². The van der Waals surface area contributed by atoms with Crippen LogP contribution in [-0.4, -0.2) is 0 Å². The Bertz CT molecular complexity index is 1240. The summed E-state index contributed by atoms with van der Waals surface area (Å²) in [7, 11) is -0.722. The van der Waals surface area contributed by atoms with E-state index in [1.807, 2.05) is 6.07 Å². The summed E-state index contributed by atoms with van der Waals surface area (Å²) in [5, 5.41) is 4.05. The van der Waals surface area contributed by atoms with Crippen molar-refractivity contribution >= 4 is 29.4 Å². The Morgan fingerprint density at radius 1 is 0.727 bits per heavy atom. The zero-order chi connectivity index (χ0) is 22.5. The van der Waals surface area contributed by atoms with E-state index in [-0.39, 0.29) is 0 Å². The molecule has 0 spiro atoms. The molecule has 0 N–H and O–H groups in total. The molecule has 5 rings (SSSR count). The highest BCUT2D eigenvalue weighted by molar-refractivity contribution is 7.80. The molecular weight excluding hydrogens is 419 g/mol. The molecular formula is C31H27OP. The van der Waals surface area contributed by atoms with Gasteiger partial charge in [0.15, 0.2) is 0 Å².